The molecule has 0 bridgehead atoms. The zero-order chi connectivity index (χ0) is 11.4. The number of aromatic nitrogens is 1. The van der Waals surface area contributed by atoms with Crippen LogP contribution in [0.1, 0.15) is 24.8 Å². The molecule has 3 heteroatoms. The molecule has 1 aromatic heterocycles. The highest BCUT2D eigenvalue weighted by molar-refractivity contribution is 7.09. The molecule has 0 aliphatic heterocycles. The van der Waals surface area contributed by atoms with E-state index in [4.69, 9.17) is 5.73 Å². The Morgan fingerprint density at radius 3 is 2.69 bits per heavy atom. The number of nitrogens with zero attached hydrogens (tertiary/aromatic N) is 1. The number of nitrogens with two attached hydrogens (primary N) is 1. The maximum absolute atomic E-state index is 5.66. The highest BCUT2D eigenvalue weighted by atomic mass is 32.1. The summed E-state index contributed by atoms with van der Waals surface area (Å²) in [7, 11) is 0. The first-order chi connectivity index (χ1) is 7.79. The van der Waals surface area contributed by atoms with Crippen LogP contribution < -0.4 is 5.73 Å². The Labute approximate surface area is 100 Å². The quantitative estimate of drug-likeness (QED) is 0.816. The van der Waals surface area contributed by atoms with Crippen LogP contribution in [0.3, 0.4) is 0 Å². The summed E-state index contributed by atoms with van der Waals surface area (Å²) in [4.78, 5) is 4.63. The minimum Gasteiger partial charge on any atom is -0.399 e. The lowest BCUT2D eigenvalue weighted by atomic mass is 10.1. The summed E-state index contributed by atoms with van der Waals surface area (Å²) in [5.41, 5.74) is 8.67. The molecule has 2 N–H and O–H groups in total. The summed E-state index contributed by atoms with van der Waals surface area (Å²) in [6.45, 7) is 2.20. The van der Waals surface area contributed by atoms with Crippen molar-refractivity contribution in [1.29, 1.82) is 0 Å². The van der Waals surface area contributed by atoms with E-state index in [0.29, 0.717) is 0 Å². The van der Waals surface area contributed by atoms with Gasteiger partial charge in [-0.1, -0.05) is 25.5 Å². The van der Waals surface area contributed by atoms with Gasteiger partial charge in [-0.15, -0.1) is 11.3 Å². The second-order valence-corrected chi connectivity index (χ2v) is 4.79. The molecule has 0 atom stereocenters. The predicted molar refractivity (Wildman–Crippen MR) is 70.6 cm³/mol. The Morgan fingerprint density at radius 1 is 1.25 bits per heavy atom. The number of rotatable bonds is 4. The molecule has 0 spiro atoms. The van der Waals surface area contributed by atoms with Gasteiger partial charge in [-0.25, -0.2) is 4.98 Å². The molecule has 0 radical (unpaired) electrons. The molecule has 0 amide bonds. The third-order valence-electron chi connectivity index (χ3n) is 2.50. The van der Waals surface area contributed by atoms with Crippen LogP contribution in [0.5, 0.6) is 0 Å². The zero-order valence-electron chi connectivity index (χ0n) is 9.44. The van der Waals surface area contributed by atoms with Gasteiger partial charge in [-0.3, -0.25) is 0 Å². The van der Waals surface area contributed by atoms with Crippen LogP contribution >= 0.6 is 11.3 Å². The molecule has 1 aromatic carbocycles. The smallest absolute Gasteiger partial charge is 0.0932 e. The second kappa shape index (κ2) is 5.12. The van der Waals surface area contributed by atoms with E-state index in [2.05, 4.69) is 17.3 Å². The van der Waals surface area contributed by atoms with Gasteiger partial charge < -0.3 is 5.73 Å². The van der Waals surface area contributed by atoms with Crippen molar-refractivity contribution in [3.63, 3.8) is 0 Å². The molecule has 2 nitrogen and oxygen atoms in total. The minimum absolute atomic E-state index is 0.796. The van der Waals surface area contributed by atoms with Crippen molar-refractivity contribution >= 4 is 17.0 Å². The summed E-state index contributed by atoms with van der Waals surface area (Å²) in [5, 5.41) is 3.35. The van der Waals surface area contributed by atoms with Crippen molar-refractivity contribution in [1.82, 2.24) is 4.98 Å². The van der Waals surface area contributed by atoms with Crippen LogP contribution in [-0.2, 0) is 6.42 Å². The van der Waals surface area contributed by atoms with Crippen LogP contribution in [0, 0.1) is 0 Å². The second-order valence-electron chi connectivity index (χ2n) is 3.85. The van der Waals surface area contributed by atoms with Crippen molar-refractivity contribution in [2.24, 2.45) is 0 Å². The Morgan fingerprint density at radius 2 is 2.00 bits per heavy atom. The molecule has 0 aliphatic rings. The Balaban J connectivity index is 2.15. The molecule has 0 saturated carbocycles. The van der Waals surface area contributed by atoms with Gasteiger partial charge in [0.15, 0.2) is 0 Å². The number of unbranched alkanes of at least 4 members (excludes halogenated alkanes) is 1. The van der Waals surface area contributed by atoms with Crippen LogP contribution in [0.2, 0.25) is 0 Å². The Bertz CT molecular complexity index is 445. The van der Waals surface area contributed by atoms with E-state index in [1.54, 1.807) is 11.3 Å². The van der Waals surface area contributed by atoms with Gasteiger partial charge in [-0.2, -0.15) is 0 Å². The number of anilines is 1. The van der Waals surface area contributed by atoms with Crippen LogP contribution in [0.4, 0.5) is 5.69 Å². The monoisotopic (exact) mass is 232 g/mol. The molecule has 0 fully saturated rings. The molecule has 84 valence electrons. The highest BCUT2D eigenvalue weighted by Gasteiger charge is 2.03. The third-order valence-corrected chi connectivity index (χ3v) is 3.41. The lowest BCUT2D eigenvalue weighted by Crippen LogP contribution is -1.85. The molecule has 16 heavy (non-hydrogen) atoms. The van der Waals surface area contributed by atoms with Crippen molar-refractivity contribution in [3.8, 4) is 11.3 Å². The van der Waals surface area contributed by atoms with E-state index in [-0.39, 0.29) is 0 Å². The number of hydrogen-bond donors (Lipinski definition) is 1. The van der Waals surface area contributed by atoms with Gasteiger partial charge in [0.1, 0.15) is 0 Å². The van der Waals surface area contributed by atoms with E-state index in [9.17, 15) is 0 Å². The van der Waals surface area contributed by atoms with E-state index in [1.165, 1.54) is 17.8 Å². The van der Waals surface area contributed by atoms with Gasteiger partial charge in [0, 0.05) is 16.6 Å². The highest BCUT2D eigenvalue weighted by Crippen LogP contribution is 2.23. The average molecular weight is 232 g/mol. The number of benzene rings is 1. The number of aryl methyl sites for hydroxylation is 1. The van der Waals surface area contributed by atoms with Gasteiger partial charge >= 0.3 is 0 Å². The van der Waals surface area contributed by atoms with Crippen molar-refractivity contribution in [2.75, 3.05) is 5.73 Å². The van der Waals surface area contributed by atoms with E-state index < -0.39 is 0 Å². The SMILES string of the molecule is CCCCc1nc(-c2ccc(N)cc2)cs1. The Hall–Kier alpha value is -1.35. The average Bonchev–Trinajstić information content (AvgIpc) is 2.76. The van der Waals surface area contributed by atoms with E-state index in [1.807, 2.05) is 24.3 Å². The molecule has 0 saturated heterocycles. The van der Waals surface area contributed by atoms with Crippen LogP contribution in [0.15, 0.2) is 29.6 Å². The minimum atomic E-state index is 0.796. The topological polar surface area (TPSA) is 38.9 Å². The molecular weight excluding hydrogens is 216 g/mol. The molecule has 1 heterocycles. The fourth-order valence-corrected chi connectivity index (χ4v) is 2.39. The molecule has 2 rings (SSSR count). The fourth-order valence-electron chi connectivity index (χ4n) is 1.54. The van der Waals surface area contributed by atoms with Gasteiger partial charge in [0.05, 0.1) is 10.7 Å². The van der Waals surface area contributed by atoms with E-state index in [0.717, 1.165) is 23.4 Å². The van der Waals surface area contributed by atoms with E-state index >= 15 is 0 Å². The number of nitrogen functional groups attached to an aromatic ring is 1. The first-order valence-electron chi connectivity index (χ1n) is 5.60. The van der Waals surface area contributed by atoms with Crippen molar-refractivity contribution in [3.05, 3.63) is 34.7 Å². The third kappa shape index (κ3) is 2.61. The van der Waals surface area contributed by atoms with Crippen LogP contribution in [-0.4, -0.2) is 4.98 Å². The Kier molecular flexibility index (Phi) is 3.57. The summed E-state index contributed by atoms with van der Waals surface area (Å²) in [6.07, 6.45) is 3.53. The van der Waals surface area contributed by atoms with Crippen molar-refractivity contribution in [2.45, 2.75) is 26.2 Å². The predicted octanol–water partition coefficient (Wildman–Crippen LogP) is 3.73. The largest absolute Gasteiger partial charge is 0.399 e. The summed E-state index contributed by atoms with van der Waals surface area (Å²) >= 11 is 1.75. The first kappa shape index (κ1) is 11.1. The summed E-state index contributed by atoms with van der Waals surface area (Å²) in [5.74, 6) is 0. The zero-order valence-corrected chi connectivity index (χ0v) is 10.3. The lowest BCUT2D eigenvalue weighted by Gasteiger charge is -1.97. The first-order valence-corrected chi connectivity index (χ1v) is 6.48. The standard InChI is InChI=1S/C13H16N2S/c1-2-3-4-13-15-12(9-16-13)10-5-7-11(14)8-6-10/h5-9H,2-4,14H2,1H3. The number of hydrogen-bond acceptors (Lipinski definition) is 3. The summed E-state index contributed by atoms with van der Waals surface area (Å²) < 4.78 is 0. The van der Waals surface area contributed by atoms with Gasteiger partial charge in [-0.05, 0) is 25.0 Å². The molecule has 2 aromatic rings. The normalized spacial score (nSPS) is 10.6. The van der Waals surface area contributed by atoms with Gasteiger partial charge in [0.25, 0.3) is 0 Å². The summed E-state index contributed by atoms with van der Waals surface area (Å²) in [6, 6.07) is 7.88. The molecule has 0 aliphatic carbocycles. The molecular formula is C13H16N2S. The maximum Gasteiger partial charge on any atom is 0.0932 e. The lowest BCUT2D eigenvalue weighted by molar-refractivity contribution is 0.790. The van der Waals surface area contributed by atoms with Gasteiger partial charge in [0.2, 0.25) is 0 Å². The number of thiazole rings is 1. The fraction of sp³-hybridized carbons (Fsp3) is 0.308. The van der Waals surface area contributed by atoms with Crippen LogP contribution in [0.25, 0.3) is 11.3 Å². The molecule has 0 unspecified atom stereocenters. The maximum atomic E-state index is 5.66. The van der Waals surface area contributed by atoms with Crippen molar-refractivity contribution < 1.29 is 0 Å².